The predicted octanol–water partition coefficient (Wildman–Crippen LogP) is 3.23. The van der Waals surface area contributed by atoms with Gasteiger partial charge in [0, 0.05) is 11.1 Å². The van der Waals surface area contributed by atoms with E-state index in [9.17, 15) is 27.9 Å². The van der Waals surface area contributed by atoms with Crippen LogP contribution in [0.4, 0.5) is 13.2 Å². The highest BCUT2D eigenvalue weighted by Gasteiger charge is 2.44. The van der Waals surface area contributed by atoms with Gasteiger partial charge in [-0.05, 0) is 48.0 Å². The minimum absolute atomic E-state index is 0.151. The number of alkyl halides is 3. The summed E-state index contributed by atoms with van der Waals surface area (Å²) in [5, 5.41) is 26.0. The second-order valence-corrected chi connectivity index (χ2v) is 8.29. The van der Waals surface area contributed by atoms with Crippen LogP contribution in [0.3, 0.4) is 0 Å². The van der Waals surface area contributed by atoms with Gasteiger partial charge in [-0.25, -0.2) is 9.80 Å². The average molecular weight is 526 g/mol. The van der Waals surface area contributed by atoms with Crippen LogP contribution in [0.1, 0.15) is 27.0 Å². The van der Waals surface area contributed by atoms with E-state index in [2.05, 4.69) is 10.1 Å². The zero-order valence-corrected chi connectivity index (χ0v) is 19.6. The topological polar surface area (TPSA) is 138 Å². The maximum absolute atomic E-state index is 13.0. The second kappa shape index (κ2) is 10.3. The number of carbonyl (C=O) groups is 2. The standard InChI is InChI=1S/C26H21F3N4O5/c27-26(28,29)19-8-4-5-17(13-19)23(36)31-24(30)33-15-25(37,18-6-2-1-3-7-18)22(32-33)16-9-11-20(12-10-16)38-14-21(34)35/h1-13,37H,14-15H2,(H,34,35)(H2,30,31,36). The lowest BCUT2D eigenvalue weighted by molar-refractivity contribution is -0.139. The third-order valence-electron chi connectivity index (χ3n) is 5.65. The molecule has 0 saturated carbocycles. The van der Waals surface area contributed by atoms with Gasteiger partial charge in [-0.3, -0.25) is 4.79 Å². The summed E-state index contributed by atoms with van der Waals surface area (Å²) in [5.74, 6) is -2.31. The number of hydrogen-bond acceptors (Lipinski definition) is 5. The number of hydrogen-bond donors (Lipinski definition) is 3. The fourth-order valence-corrected chi connectivity index (χ4v) is 3.81. The molecule has 4 rings (SSSR count). The first-order valence-electron chi connectivity index (χ1n) is 11.1. The number of halogens is 3. The van der Waals surface area contributed by atoms with Gasteiger partial charge < -0.3 is 20.7 Å². The monoisotopic (exact) mass is 526 g/mol. The SMILES string of the molecule is NC(=NC(=O)c1cccc(C(F)(F)F)c1)N1CC(O)(c2ccccc2)C(c2ccc(OCC(=O)O)cc2)=N1. The van der Waals surface area contributed by atoms with Crippen molar-refractivity contribution in [2.75, 3.05) is 13.2 Å². The smallest absolute Gasteiger partial charge is 0.416 e. The number of nitrogens with two attached hydrogens (primary N) is 1. The molecule has 0 aromatic heterocycles. The summed E-state index contributed by atoms with van der Waals surface area (Å²) < 4.78 is 44.2. The number of hydrazone groups is 1. The summed E-state index contributed by atoms with van der Waals surface area (Å²) in [7, 11) is 0. The lowest BCUT2D eigenvalue weighted by atomic mass is 9.86. The lowest BCUT2D eigenvalue weighted by Crippen LogP contribution is -2.42. The van der Waals surface area contributed by atoms with Crippen LogP contribution in [-0.4, -0.2) is 51.9 Å². The Hall–Kier alpha value is -4.71. The van der Waals surface area contributed by atoms with Crippen molar-refractivity contribution in [2.45, 2.75) is 11.8 Å². The van der Waals surface area contributed by atoms with Crippen molar-refractivity contribution in [2.24, 2.45) is 15.8 Å². The Morgan fingerprint density at radius 1 is 1.05 bits per heavy atom. The Bertz CT molecular complexity index is 1410. The van der Waals surface area contributed by atoms with Crippen molar-refractivity contribution in [1.29, 1.82) is 0 Å². The highest BCUT2D eigenvalue weighted by molar-refractivity contribution is 6.10. The van der Waals surface area contributed by atoms with Crippen molar-refractivity contribution >= 4 is 23.5 Å². The molecule has 0 bridgehead atoms. The summed E-state index contributed by atoms with van der Waals surface area (Å²) in [6, 6.07) is 18.4. The van der Waals surface area contributed by atoms with Crippen molar-refractivity contribution in [3.05, 3.63) is 101 Å². The summed E-state index contributed by atoms with van der Waals surface area (Å²) >= 11 is 0. The van der Waals surface area contributed by atoms with Crippen molar-refractivity contribution in [3.63, 3.8) is 0 Å². The summed E-state index contributed by atoms with van der Waals surface area (Å²) in [5.41, 5.74) is 4.04. The van der Waals surface area contributed by atoms with E-state index in [-0.39, 0.29) is 23.6 Å². The molecule has 0 saturated heterocycles. The highest BCUT2D eigenvalue weighted by Crippen LogP contribution is 2.34. The molecule has 1 unspecified atom stereocenters. The van der Waals surface area contributed by atoms with Crippen LogP contribution >= 0.6 is 0 Å². The molecule has 0 aliphatic carbocycles. The van der Waals surface area contributed by atoms with Crippen LogP contribution in [0.15, 0.2) is 89.0 Å². The molecule has 1 aliphatic rings. The minimum Gasteiger partial charge on any atom is -0.482 e. The molecule has 3 aromatic carbocycles. The van der Waals surface area contributed by atoms with Crippen molar-refractivity contribution < 1.29 is 37.7 Å². The van der Waals surface area contributed by atoms with Gasteiger partial charge in [0.05, 0.1) is 12.1 Å². The van der Waals surface area contributed by atoms with Gasteiger partial charge >= 0.3 is 12.1 Å². The van der Waals surface area contributed by atoms with E-state index < -0.39 is 41.8 Å². The fraction of sp³-hybridized carbons (Fsp3) is 0.154. The Balaban J connectivity index is 1.66. The third kappa shape index (κ3) is 5.65. The number of carboxylic acid groups (broad SMARTS) is 1. The van der Waals surface area contributed by atoms with E-state index in [1.165, 1.54) is 18.2 Å². The highest BCUT2D eigenvalue weighted by atomic mass is 19.4. The number of carboxylic acids is 1. The summed E-state index contributed by atoms with van der Waals surface area (Å²) in [6.45, 7) is -0.774. The number of amides is 1. The first-order valence-corrected chi connectivity index (χ1v) is 11.1. The zero-order chi connectivity index (χ0) is 27.5. The van der Waals surface area contributed by atoms with Crippen LogP contribution in [0.25, 0.3) is 0 Å². The number of guanidine groups is 1. The first-order chi connectivity index (χ1) is 18.0. The summed E-state index contributed by atoms with van der Waals surface area (Å²) in [4.78, 5) is 27.0. The fourth-order valence-electron chi connectivity index (χ4n) is 3.81. The Labute approximate surface area is 214 Å². The zero-order valence-electron chi connectivity index (χ0n) is 19.6. The predicted molar refractivity (Wildman–Crippen MR) is 131 cm³/mol. The quantitative estimate of drug-likeness (QED) is 0.331. The molecule has 196 valence electrons. The average Bonchev–Trinajstić information content (AvgIpc) is 3.26. The molecule has 12 heteroatoms. The number of carbonyl (C=O) groups excluding carboxylic acids is 1. The molecule has 3 aromatic rings. The van der Waals surface area contributed by atoms with Crippen molar-refractivity contribution in [1.82, 2.24) is 5.01 Å². The molecule has 1 heterocycles. The Morgan fingerprint density at radius 2 is 1.74 bits per heavy atom. The van der Waals surface area contributed by atoms with Gasteiger partial charge in [-0.15, -0.1) is 0 Å². The van der Waals surface area contributed by atoms with Gasteiger partial charge in [-0.1, -0.05) is 36.4 Å². The molecule has 4 N–H and O–H groups in total. The number of nitrogens with zero attached hydrogens (tertiary/aromatic N) is 3. The van der Waals surface area contributed by atoms with Crippen LogP contribution in [0.5, 0.6) is 5.75 Å². The lowest BCUT2D eigenvalue weighted by Gasteiger charge is -2.25. The number of aliphatic imine (C=N–C) groups is 1. The molecule has 1 aliphatic heterocycles. The Morgan fingerprint density at radius 3 is 2.37 bits per heavy atom. The number of rotatable bonds is 6. The number of benzene rings is 3. The van der Waals surface area contributed by atoms with E-state index in [1.54, 1.807) is 42.5 Å². The van der Waals surface area contributed by atoms with Gasteiger partial charge in [0.25, 0.3) is 5.91 Å². The molecule has 0 spiro atoms. The van der Waals surface area contributed by atoms with Gasteiger partial charge in [0.1, 0.15) is 11.5 Å². The van der Waals surface area contributed by atoms with Crippen LogP contribution < -0.4 is 10.5 Å². The maximum Gasteiger partial charge on any atom is 0.416 e. The number of β-amino-alcohol motifs (C(OH)–C–C–N with tert-alkyl or cyclic N) is 1. The van der Waals surface area contributed by atoms with E-state index in [4.69, 9.17) is 15.6 Å². The maximum atomic E-state index is 13.0. The third-order valence-corrected chi connectivity index (χ3v) is 5.65. The molecule has 38 heavy (non-hydrogen) atoms. The molecule has 0 fully saturated rings. The number of ether oxygens (including phenoxy) is 1. The minimum atomic E-state index is -4.64. The van der Waals surface area contributed by atoms with Crippen LogP contribution in [-0.2, 0) is 16.6 Å². The first kappa shape index (κ1) is 26.4. The molecule has 0 radical (unpaired) electrons. The van der Waals surface area contributed by atoms with Gasteiger partial charge in [0.2, 0.25) is 5.96 Å². The Kier molecular flexibility index (Phi) is 7.17. The molecule has 1 amide bonds. The van der Waals surface area contributed by atoms with Crippen molar-refractivity contribution in [3.8, 4) is 5.75 Å². The molecule has 9 nitrogen and oxygen atoms in total. The van der Waals surface area contributed by atoms with E-state index >= 15 is 0 Å². The van der Waals surface area contributed by atoms with Crippen LogP contribution in [0, 0.1) is 0 Å². The number of aliphatic carboxylic acids is 1. The van der Waals surface area contributed by atoms with E-state index in [0.29, 0.717) is 17.2 Å². The number of aliphatic hydroxyl groups is 1. The largest absolute Gasteiger partial charge is 0.482 e. The van der Waals surface area contributed by atoms with E-state index in [0.717, 1.165) is 17.1 Å². The van der Waals surface area contributed by atoms with Gasteiger partial charge in [0.15, 0.2) is 12.2 Å². The molecular weight excluding hydrogens is 505 g/mol. The normalized spacial score (nSPS) is 17.7. The molecular formula is C26H21F3N4O5. The van der Waals surface area contributed by atoms with Gasteiger partial charge in [-0.2, -0.15) is 23.3 Å². The summed E-state index contributed by atoms with van der Waals surface area (Å²) in [6.07, 6.45) is -4.64. The van der Waals surface area contributed by atoms with Crippen LogP contribution in [0.2, 0.25) is 0 Å². The second-order valence-electron chi connectivity index (χ2n) is 8.29. The van der Waals surface area contributed by atoms with E-state index in [1.807, 2.05) is 0 Å². The molecule has 1 atom stereocenters.